The molecular formula is C23H34IN3O2. The first-order valence-electron chi connectivity index (χ1n) is 10.3. The lowest BCUT2D eigenvalue weighted by Crippen LogP contribution is -2.47. The highest BCUT2D eigenvalue weighted by molar-refractivity contribution is 14.0. The molecule has 2 aromatic rings. The van der Waals surface area contributed by atoms with E-state index in [0.717, 1.165) is 64.5 Å². The summed E-state index contributed by atoms with van der Waals surface area (Å²) in [5, 5.41) is 6.13. The number of methoxy groups -OCH3 is 1. The maximum absolute atomic E-state index is 5.95. The van der Waals surface area contributed by atoms with Crippen molar-refractivity contribution >= 4 is 40.7 Å². The van der Waals surface area contributed by atoms with Gasteiger partial charge in [0.15, 0.2) is 5.96 Å². The van der Waals surface area contributed by atoms with E-state index in [4.69, 9.17) is 9.47 Å². The van der Waals surface area contributed by atoms with Gasteiger partial charge in [-0.2, -0.15) is 0 Å². The fraction of sp³-hybridized carbons (Fsp3) is 0.522. The zero-order chi connectivity index (χ0) is 19.6. The average Bonchev–Trinajstić information content (AvgIpc) is 2.75. The summed E-state index contributed by atoms with van der Waals surface area (Å²) in [5.41, 5.74) is 1.35. The molecule has 1 heterocycles. The fourth-order valence-corrected chi connectivity index (χ4v) is 3.73. The van der Waals surface area contributed by atoms with Crippen molar-refractivity contribution in [2.45, 2.75) is 31.8 Å². The lowest BCUT2D eigenvalue weighted by Gasteiger charge is -2.34. The second-order valence-corrected chi connectivity index (χ2v) is 7.31. The summed E-state index contributed by atoms with van der Waals surface area (Å²) in [6.07, 6.45) is 4.43. The molecule has 0 spiro atoms. The van der Waals surface area contributed by atoms with Crippen molar-refractivity contribution in [3.8, 4) is 0 Å². The van der Waals surface area contributed by atoms with Crippen LogP contribution in [0.3, 0.4) is 0 Å². The van der Waals surface area contributed by atoms with Crippen LogP contribution in [-0.2, 0) is 15.9 Å². The van der Waals surface area contributed by atoms with Gasteiger partial charge in [-0.05, 0) is 42.0 Å². The predicted octanol–water partition coefficient (Wildman–Crippen LogP) is 4.09. The summed E-state index contributed by atoms with van der Waals surface area (Å²) in [5.74, 6) is 0.999. The van der Waals surface area contributed by atoms with E-state index in [1.165, 1.54) is 16.3 Å². The van der Waals surface area contributed by atoms with E-state index in [1.54, 1.807) is 7.11 Å². The molecule has 1 N–H and O–H groups in total. The van der Waals surface area contributed by atoms with E-state index in [-0.39, 0.29) is 24.0 Å². The number of nitrogens with one attached hydrogen (secondary N) is 1. The Morgan fingerprint density at radius 3 is 2.59 bits per heavy atom. The number of ether oxygens (including phenoxy) is 2. The summed E-state index contributed by atoms with van der Waals surface area (Å²) in [4.78, 5) is 6.82. The minimum Gasteiger partial charge on any atom is -0.385 e. The number of aliphatic imine (C=N–C) groups is 1. The van der Waals surface area contributed by atoms with E-state index in [0.29, 0.717) is 6.10 Å². The normalized spacial score (nSPS) is 15.4. The van der Waals surface area contributed by atoms with E-state index in [1.807, 2.05) is 7.05 Å². The van der Waals surface area contributed by atoms with Crippen LogP contribution in [-0.4, -0.2) is 64.0 Å². The molecule has 0 saturated carbocycles. The predicted molar refractivity (Wildman–Crippen MR) is 131 cm³/mol. The Hall–Kier alpha value is -1.38. The Kier molecular flexibility index (Phi) is 10.7. The molecule has 0 aliphatic carbocycles. The summed E-state index contributed by atoms with van der Waals surface area (Å²) >= 11 is 0. The quantitative estimate of drug-likeness (QED) is 0.251. The molecule has 0 bridgehead atoms. The fourth-order valence-electron chi connectivity index (χ4n) is 3.73. The first-order chi connectivity index (χ1) is 13.8. The van der Waals surface area contributed by atoms with E-state index in [9.17, 15) is 0 Å². The molecule has 3 rings (SSSR count). The summed E-state index contributed by atoms with van der Waals surface area (Å²) in [6, 6.07) is 15.2. The van der Waals surface area contributed by atoms with Crippen LogP contribution in [0.4, 0.5) is 0 Å². The molecule has 5 nitrogen and oxygen atoms in total. The topological polar surface area (TPSA) is 46.1 Å². The molecule has 0 amide bonds. The molecule has 0 radical (unpaired) electrons. The van der Waals surface area contributed by atoms with E-state index >= 15 is 0 Å². The largest absolute Gasteiger partial charge is 0.385 e. The number of piperidine rings is 1. The lowest BCUT2D eigenvalue weighted by atomic mass is 10.1. The molecule has 29 heavy (non-hydrogen) atoms. The standard InChI is InChI=1S/C23H33N3O2.HI/c1-24-23(26-14-11-22(12-15-26)28-17-5-16-27-2)25-13-10-19-8-9-20-6-3-4-7-21(20)18-19;/h3-4,6-9,18,22H,5,10-17H2,1-2H3,(H,24,25);1H. The molecule has 1 fully saturated rings. The van der Waals surface area contributed by atoms with Gasteiger partial charge >= 0.3 is 0 Å². The smallest absolute Gasteiger partial charge is 0.193 e. The number of nitrogens with zero attached hydrogens (tertiary/aromatic N) is 2. The first-order valence-corrected chi connectivity index (χ1v) is 10.3. The van der Waals surface area contributed by atoms with Gasteiger partial charge in [0.2, 0.25) is 0 Å². The van der Waals surface area contributed by atoms with Gasteiger partial charge in [-0.3, -0.25) is 4.99 Å². The third kappa shape index (κ3) is 7.42. The van der Waals surface area contributed by atoms with Gasteiger partial charge in [0.05, 0.1) is 6.10 Å². The zero-order valence-electron chi connectivity index (χ0n) is 17.6. The van der Waals surface area contributed by atoms with Crippen LogP contribution < -0.4 is 5.32 Å². The number of benzene rings is 2. The minimum atomic E-state index is 0. The summed E-state index contributed by atoms with van der Waals surface area (Å²) in [7, 11) is 3.60. The highest BCUT2D eigenvalue weighted by atomic mass is 127. The number of guanidine groups is 1. The highest BCUT2D eigenvalue weighted by Gasteiger charge is 2.21. The van der Waals surface area contributed by atoms with Gasteiger partial charge in [-0.1, -0.05) is 42.5 Å². The Labute approximate surface area is 191 Å². The number of fused-ring (bicyclic) bond motifs is 1. The number of hydrogen-bond donors (Lipinski definition) is 1. The Morgan fingerprint density at radius 1 is 1.10 bits per heavy atom. The SMILES string of the molecule is CN=C(NCCc1ccc2ccccc2c1)N1CCC(OCCCOC)CC1.I. The van der Waals surface area contributed by atoms with Crippen LogP contribution in [0.5, 0.6) is 0 Å². The Morgan fingerprint density at radius 2 is 1.86 bits per heavy atom. The van der Waals surface area contributed by atoms with Crippen LogP contribution in [0.1, 0.15) is 24.8 Å². The lowest BCUT2D eigenvalue weighted by molar-refractivity contribution is 0.00992. The van der Waals surface area contributed by atoms with Gasteiger partial charge in [0.1, 0.15) is 0 Å². The zero-order valence-corrected chi connectivity index (χ0v) is 19.9. The Balaban J connectivity index is 0.00000300. The molecule has 0 aromatic heterocycles. The van der Waals surface area contributed by atoms with Gasteiger partial charge in [0, 0.05) is 47.0 Å². The van der Waals surface area contributed by atoms with Crippen molar-refractivity contribution < 1.29 is 9.47 Å². The van der Waals surface area contributed by atoms with Gasteiger partial charge in [0.25, 0.3) is 0 Å². The van der Waals surface area contributed by atoms with E-state index in [2.05, 4.69) is 57.7 Å². The van der Waals surface area contributed by atoms with Crippen molar-refractivity contribution in [2.75, 3.05) is 47.0 Å². The molecule has 160 valence electrons. The number of hydrogen-bond acceptors (Lipinski definition) is 3. The average molecular weight is 511 g/mol. The number of rotatable bonds is 8. The van der Waals surface area contributed by atoms with E-state index < -0.39 is 0 Å². The molecule has 1 aliphatic heterocycles. The van der Waals surface area contributed by atoms with Crippen LogP contribution in [0.15, 0.2) is 47.5 Å². The number of likely N-dealkylation sites (tertiary alicyclic amines) is 1. The van der Waals surface area contributed by atoms with Crippen LogP contribution in [0.2, 0.25) is 0 Å². The van der Waals surface area contributed by atoms with Crippen molar-refractivity contribution in [1.29, 1.82) is 0 Å². The van der Waals surface area contributed by atoms with Gasteiger partial charge in [-0.25, -0.2) is 0 Å². The van der Waals surface area contributed by atoms with Crippen LogP contribution in [0.25, 0.3) is 10.8 Å². The second kappa shape index (κ2) is 13.0. The van der Waals surface area contributed by atoms with Crippen molar-refractivity contribution in [1.82, 2.24) is 10.2 Å². The molecule has 2 aromatic carbocycles. The summed E-state index contributed by atoms with van der Waals surface area (Å²) in [6.45, 7) is 4.43. The molecule has 1 saturated heterocycles. The maximum atomic E-state index is 5.95. The highest BCUT2D eigenvalue weighted by Crippen LogP contribution is 2.16. The second-order valence-electron chi connectivity index (χ2n) is 7.31. The molecule has 0 atom stereocenters. The van der Waals surface area contributed by atoms with Crippen LogP contribution >= 0.6 is 24.0 Å². The third-order valence-corrected chi connectivity index (χ3v) is 5.31. The monoisotopic (exact) mass is 511 g/mol. The molecular weight excluding hydrogens is 477 g/mol. The van der Waals surface area contributed by atoms with Gasteiger partial charge < -0.3 is 19.7 Å². The Bertz CT molecular complexity index is 761. The van der Waals surface area contributed by atoms with Crippen molar-refractivity contribution in [2.24, 2.45) is 4.99 Å². The van der Waals surface area contributed by atoms with Crippen molar-refractivity contribution in [3.05, 3.63) is 48.0 Å². The molecule has 0 unspecified atom stereocenters. The first kappa shape index (κ1) is 23.9. The molecule has 6 heteroatoms. The van der Waals surface area contributed by atoms with Gasteiger partial charge in [-0.15, -0.1) is 24.0 Å². The van der Waals surface area contributed by atoms with Crippen molar-refractivity contribution in [3.63, 3.8) is 0 Å². The summed E-state index contributed by atoms with van der Waals surface area (Å²) < 4.78 is 11.0. The minimum absolute atomic E-state index is 0. The molecule has 1 aliphatic rings. The third-order valence-electron chi connectivity index (χ3n) is 5.31. The number of halogens is 1. The maximum Gasteiger partial charge on any atom is 0.193 e. The van der Waals surface area contributed by atoms with Crippen LogP contribution in [0, 0.1) is 0 Å².